The maximum Gasteiger partial charge on any atom is 0.248 e. The van der Waals surface area contributed by atoms with Gasteiger partial charge in [0.2, 0.25) is 47.1 Å². The van der Waals surface area contributed by atoms with Gasteiger partial charge in [0.25, 0.3) is 0 Å². The number of halogens is 2. The minimum Gasteiger partial charge on any atom is -0.508 e. The lowest BCUT2D eigenvalue weighted by atomic mass is 9.87. The average molecular weight is 1370 g/mol. The first-order valence-electron chi connectivity index (χ1n) is 31.2. The average Bonchev–Trinajstić information content (AvgIpc) is 0.759. The molecule has 17 N–H and O–H groups in total. The van der Waals surface area contributed by atoms with Crippen molar-refractivity contribution in [3.8, 4) is 80.1 Å². The van der Waals surface area contributed by atoms with Gasteiger partial charge in [-0.1, -0.05) is 92.9 Å². The maximum absolute atomic E-state index is 16.0. The molecule has 6 aliphatic heterocycles. The van der Waals surface area contributed by atoms with E-state index in [1.165, 1.54) is 79.8 Å². The third-order valence-electron chi connectivity index (χ3n) is 17.2. The number of ether oxygens (including phenoxy) is 3. The van der Waals surface area contributed by atoms with E-state index in [0.717, 1.165) is 81.3 Å². The van der Waals surface area contributed by atoms with Gasteiger partial charge in [-0.05, 0) is 131 Å². The Morgan fingerprint density at radius 1 is 0.546 bits per heavy atom. The van der Waals surface area contributed by atoms with Crippen molar-refractivity contribution in [2.45, 2.75) is 113 Å². The molecule has 0 saturated carbocycles. The summed E-state index contributed by atoms with van der Waals surface area (Å²) in [6.45, 7) is 2.45. The number of benzene rings is 7. The second kappa shape index (κ2) is 28.8. The Morgan fingerprint density at radius 2 is 1.14 bits per heavy atom. The predicted octanol–water partition coefficient (Wildman–Crippen LogP) is 7.49. The van der Waals surface area contributed by atoms with Crippen molar-refractivity contribution in [3.63, 3.8) is 0 Å². The van der Waals surface area contributed by atoms with Crippen LogP contribution in [0.4, 0.5) is 0 Å². The van der Waals surface area contributed by atoms with Crippen molar-refractivity contribution in [1.29, 1.82) is 0 Å². The quantitative estimate of drug-likeness (QED) is 0.0558. The SMILES string of the molecule is CCCCCCCCCNCc1c(O)cc2c(c1O)-c1cc(ccc1O)[C@@H]1NC(=O)[C@H]3NC(=O)[C@H]4NC(=O)[C@H](Cc5ccc(c(Cl)c5)Oc5cc3cc(c5O)Oc3ccc(cc3Cl)C(O)[C@H](NC1=O)C(=O)N[C@@H]2C(=O)NC)NC(=O)[C@H](N)c1ccc(O)c(c1)Oc1cc(O)cc4c1. The molecule has 8 atom stereocenters. The third-order valence-corrected chi connectivity index (χ3v) is 17.8. The Hall–Kier alpha value is -10.5. The van der Waals surface area contributed by atoms with Gasteiger partial charge in [-0.3, -0.25) is 33.6 Å². The normalized spacial score (nSPS) is 20.8. The van der Waals surface area contributed by atoms with E-state index in [9.17, 15) is 45.3 Å². The zero-order chi connectivity index (χ0) is 69.1. The molecule has 13 rings (SSSR count). The highest BCUT2D eigenvalue weighted by Crippen LogP contribution is 2.49. The number of phenols is 6. The first-order valence-corrected chi connectivity index (χ1v) is 32.0. The van der Waals surface area contributed by atoms with Crippen LogP contribution in [-0.2, 0) is 46.5 Å². The largest absolute Gasteiger partial charge is 0.508 e. The van der Waals surface area contributed by atoms with Crippen LogP contribution in [0, 0.1) is 0 Å². The van der Waals surface area contributed by atoms with Crippen LogP contribution in [0.5, 0.6) is 69.0 Å². The molecular formula is C69H69Cl2N9O17. The van der Waals surface area contributed by atoms with E-state index < -0.39 is 136 Å². The van der Waals surface area contributed by atoms with Gasteiger partial charge < -0.3 is 98.2 Å². The Labute approximate surface area is 564 Å². The van der Waals surface area contributed by atoms with Crippen LogP contribution >= 0.6 is 23.2 Å². The molecule has 0 aromatic heterocycles. The van der Waals surface area contributed by atoms with Gasteiger partial charge in [0.15, 0.2) is 23.0 Å². The summed E-state index contributed by atoms with van der Waals surface area (Å²) in [5.41, 5.74) is 5.03. The number of hydrogen-bond donors (Lipinski definition) is 16. The van der Waals surface area contributed by atoms with E-state index in [-0.39, 0.29) is 96.1 Å². The Morgan fingerprint density at radius 3 is 1.82 bits per heavy atom. The van der Waals surface area contributed by atoms with Crippen molar-refractivity contribution in [2.75, 3.05) is 13.6 Å². The number of unbranched alkanes of at least 4 members (excludes halogenated alkanes) is 6. The van der Waals surface area contributed by atoms with Crippen LogP contribution in [0.15, 0.2) is 109 Å². The van der Waals surface area contributed by atoms with Gasteiger partial charge in [0.05, 0.1) is 15.6 Å². The minimum atomic E-state index is -2.16. The van der Waals surface area contributed by atoms with Crippen molar-refractivity contribution in [2.24, 2.45) is 5.73 Å². The molecule has 0 fully saturated rings. The number of aliphatic hydroxyl groups excluding tert-OH is 1. The lowest BCUT2D eigenvalue weighted by Crippen LogP contribution is -2.55. The molecule has 26 nitrogen and oxygen atoms in total. The number of carbonyl (C=O) groups excluding carboxylic acids is 7. The van der Waals surface area contributed by atoms with Crippen LogP contribution in [-0.4, -0.2) is 103 Å². The molecule has 7 aromatic carbocycles. The second-order valence-corrected chi connectivity index (χ2v) is 24.7. The molecule has 0 radical (unpaired) electrons. The summed E-state index contributed by atoms with van der Waals surface area (Å²) < 4.78 is 18.6. The molecule has 7 aromatic rings. The van der Waals surface area contributed by atoms with Gasteiger partial charge >= 0.3 is 0 Å². The van der Waals surface area contributed by atoms with E-state index in [0.29, 0.717) is 12.1 Å². The van der Waals surface area contributed by atoms with Crippen molar-refractivity contribution in [1.82, 2.24) is 42.5 Å². The summed E-state index contributed by atoms with van der Waals surface area (Å²) in [5, 5.41) is 104. The Bertz CT molecular complexity index is 4310. The number of nitrogens with one attached hydrogen (secondary N) is 8. The summed E-state index contributed by atoms with van der Waals surface area (Å²) in [6, 6.07) is 8.70. The van der Waals surface area contributed by atoms with E-state index in [2.05, 4.69) is 49.5 Å². The standard InChI is InChI=1S/C69H69Cl2N9O17/c1-3-4-5-6-7-8-9-18-74-30-41-47(84)29-40-53(61(41)86)39-23-33(12-14-45(39)82)55-66(91)80-59(69(94)79-58(40)65(90)73-2)60(85)34-13-17-49(43(71)24-34)97-52-27-36-26-51(62(52)87)96-48-16-10-31(19-42(48)70)20-44-63(88)76-56(67(92)78-57(36)68(93)77-55)35-21-37(81)28-38(22-35)95-50-25-32(11-15-46(50)83)54(72)64(89)75-44/h10-17,19,21-29,44,54-60,74,81-87H,3-9,18,20,30,72H2,1-2H3,(H,73,90)(H,75,89)(H,76,88)(H,77,93)(H,78,92)(H,79,94)(H,80,91)/t44-,54+,55-,56-,57-,58-,59-,60?/m0/s1. The van der Waals surface area contributed by atoms with Gasteiger partial charge in [-0.15, -0.1) is 0 Å². The summed E-state index contributed by atoms with van der Waals surface area (Å²) in [6.07, 6.45) is 4.65. The number of hydrogen-bond acceptors (Lipinski definition) is 19. The highest BCUT2D eigenvalue weighted by Gasteiger charge is 2.42. The molecule has 97 heavy (non-hydrogen) atoms. The number of aliphatic hydroxyl groups is 1. The van der Waals surface area contributed by atoms with Crippen LogP contribution in [0.3, 0.4) is 0 Å². The second-order valence-electron chi connectivity index (χ2n) is 23.9. The molecule has 0 saturated heterocycles. The summed E-state index contributed by atoms with van der Waals surface area (Å²) in [5.74, 6) is -13.3. The Kier molecular flexibility index (Phi) is 20.2. The molecule has 7 amide bonds. The lowest BCUT2D eigenvalue weighted by molar-refractivity contribution is -0.137. The zero-order valence-corrected chi connectivity index (χ0v) is 53.6. The predicted molar refractivity (Wildman–Crippen MR) is 351 cm³/mol. The van der Waals surface area contributed by atoms with E-state index in [4.69, 9.17) is 43.1 Å². The van der Waals surface area contributed by atoms with Crippen molar-refractivity contribution >= 4 is 64.6 Å². The molecule has 28 heteroatoms. The van der Waals surface area contributed by atoms with Gasteiger partial charge in [0, 0.05) is 37.2 Å². The first kappa shape index (κ1) is 67.9. The van der Waals surface area contributed by atoms with Crippen LogP contribution < -0.4 is 62.5 Å². The summed E-state index contributed by atoms with van der Waals surface area (Å²) in [7, 11) is 1.24. The fourth-order valence-corrected chi connectivity index (χ4v) is 12.5. The monoisotopic (exact) mass is 1370 g/mol. The van der Waals surface area contributed by atoms with Gasteiger partial charge in [0.1, 0.15) is 88.6 Å². The number of amides is 7. The topological polar surface area (TPSA) is 411 Å². The summed E-state index contributed by atoms with van der Waals surface area (Å²) >= 11 is 13.9. The molecular weight excluding hydrogens is 1300 g/mol. The van der Waals surface area contributed by atoms with E-state index in [1.54, 1.807) is 0 Å². The Balaban J connectivity index is 1.10. The van der Waals surface area contributed by atoms with Crippen molar-refractivity contribution in [3.05, 3.63) is 164 Å². The number of phenolic OH excluding ortho intramolecular Hbond substituents is 6. The van der Waals surface area contributed by atoms with Crippen LogP contribution in [0.2, 0.25) is 10.0 Å². The van der Waals surface area contributed by atoms with Crippen molar-refractivity contribution < 1.29 is 83.5 Å². The van der Waals surface area contributed by atoms with E-state index in [1.807, 2.05) is 0 Å². The molecule has 17 bridgehead atoms. The number of nitrogens with two attached hydrogens (primary N) is 1. The number of fused-ring (bicyclic) bond motifs is 14. The highest BCUT2D eigenvalue weighted by atomic mass is 35.5. The fraction of sp³-hybridized carbons (Fsp3) is 0.290. The lowest BCUT2D eigenvalue weighted by Gasteiger charge is -2.31. The minimum absolute atomic E-state index is 0.0921. The maximum atomic E-state index is 16.0. The fourth-order valence-electron chi connectivity index (χ4n) is 12.0. The molecule has 6 aliphatic rings. The summed E-state index contributed by atoms with van der Waals surface area (Å²) in [4.78, 5) is 106. The molecule has 1 unspecified atom stereocenters. The molecule has 0 spiro atoms. The third kappa shape index (κ3) is 14.5. The van der Waals surface area contributed by atoms with Crippen LogP contribution in [0.25, 0.3) is 11.1 Å². The zero-order valence-electron chi connectivity index (χ0n) is 52.1. The molecule has 6 heterocycles. The van der Waals surface area contributed by atoms with Crippen LogP contribution in [0.1, 0.15) is 133 Å². The van der Waals surface area contributed by atoms with Gasteiger partial charge in [-0.2, -0.15) is 0 Å². The number of aromatic hydroxyl groups is 6. The number of rotatable bonds is 11. The first-order chi connectivity index (χ1) is 46.5. The number of likely N-dealkylation sites (N-methyl/N-ethyl adjacent to an activating group) is 1. The smallest absolute Gasteiger partial charge is 0.248 e. The number of carbonyl (C=O) groups is 7. The molecule has 506 valence electrons. The molecule has 0 aliphatic carbocycles. The van der Waals surface area contributed by atoms with E-state index >= 15 is 24.0 Å². The highest BCUT2D eigenvalue weighted by molar-refractivity contribution is 6.32. The van der Waals surface area contributed by atoms with Gasteiger partial charge in [-0.25, -0.2) is 0 Å².